The molecule has 2 aliphatic rings. The van der Waals surface area contributed by atoms with Crippen molar-refractivity contribution in [1.29, 1.82) is 0 Å². The zero-order valence-electron chi connectivity index (χ0n) is 10.4. The highest BCUT2D eigenvalue weighted by molar-refractivity contribution is 9.10. The number of fused-ring (bicyclic) bond motifs is 1. The van der Waals surface area contributed by atoms with Gasteiger partial charge in [0.2, 0.25) is 5.91 Å². The van der Waals surface area contributed by atoms with Crippen molar-refractivity contribution in [2.24, 2.45) is 5.92 Å². The maximum absolute atomic E-state index is 12.3. The molecule has 1 aliphatic heterocycles. The molecule has 0 atom stereocenters. The van der Waals surface area contributed by atoms with Crippen LogP contribution in [0.25, 0.3) is 0 Å². The first-order valence-corrected chi connectivity index (χ1v) is 7.28. The lowest BCUT2D eigenvalue weighted by molar-refractivity contribution is -0.121. The Hall–Kier alpha value is -1.03. The highest BCUT2D eigenvalue weighted by atomic mass is 79.9. The molecular weight excluding hydrogens is 292 g/mol. The Balaban J connectivity index is 1.93. The summed E-state index contributed by atoms with van der Waals surface area (Å²) in [4.78, 5) is 12.3. The number of anilines is 2. The summed E-state index contributed by atoms with van der Waals surface area (Å²) < 4.78 is 1.03. The van der Waals surface area contributed by atoms with Crippen molar-refractivity contribution in [3.05, 3.63) is 22.7 Å². The predicted octanol–water partition coefficient (Wildman–Crippen LogP) is 3.76. The number of amides is 1. The molecule has 1 fully saturated rings. The van der Waals surface area contributed by atoms with E-state index in [1.54, 1.807) is 0 Å². The topological polar surface area (TPSA) is 41.1 Å². The van der Waals surface area contributed by atoms with Gasteiger partial charge in [0.25, 0.3) is 0 Å². The highest BCUT2D eigenvalue weighted by Crippen LogP contribution is 2.41. The van der Waals surface area contributed by atoms with Crippen LogP contribution in [0.5, 0.6) is 0 Å². The Kier molecular flexibility index (Phi) is 2.85. The lowest BCUT2D eigenvalue weighted by Gasteiger charge is -2.42. The maximum Gasteiger partial charge on any atom is 0.250 e. The monoisotopic (exact) mass is 308 g/mol. The van der Waals surface area contributed by atoms with Crippen LogP contribution in [-0.4, -0.2) is 11.4 Å². The number of halogens is 1. The molecule has 1 saturated carbocycles. The average molecular weight is 309 g/mol. The van der Waals surface area contributed by atoms with E-state index in [0.717, 1.165) is 47.4 Å². The van der Waals surface area contributed by atoms with Crippen molar-refractivity contribution >= 4 is 33.2 Å². The summed E-state index contributed by atoms with van der Waals surface area (Å²) >= 11 is 3.47. The van der Waals surface area contributed by atoms with Crippen LogP contribution >= 0.6 is 15.9 Å². The van der Waals surface area contributed by atoms with Crippen molar-refractivity contribution in [3.8, 4) is 0 Å². The van der Waals surface area contributed by atoms with E-state index in [1.807, 2.05) is 18.2 Å². The van der Waals surface area contributed by atoms with Gasteiger partial charge >= 0.3 is 0 Å². The van der Waals surface area contributed by atoms with Gasteiger partial charge in [0.05, 0.1) is 11.4 Å². The summed E-state index contributed by atoms with van der Waals surface area (Å²) in [6, 6.07) is 5.92. The minimum atomic E-state index is -0.389. The van der Waals surface area contributed by atoms with Gasteiger partial charge in [0, 0.05) is 4.47 Å². The van der Waals surface area contributed by atoms with Gasteiger partial charge in [-0.1, -0.05) is 22.9 Å². The molecular formula is C14H17BrN2O. The first-order valence-electron chi connectivity index (χ1n) is 6.48. The second kappa shape index (κ2) is 4.26. The van der Waals surface area contributed by atoms with Gasteiger partial charge in [0.1, 0.15) is 5.54 Å². The van der Waals surface area contributed by atoms with Crippen molar-refractivity contribution < 1.29 is 4.79 Å². The molecule has 1 aliphatic carbocycles. The van der Waals surface area contributed by atoms with Gasteiger partial charge in [-0.25, -0.2) is 0 Å². The summed E-state index contributed by atoms with van der Waals surface area (Å²) in [5.74, 6) is 0.860. The fourth-order valence-electron chi connectivity index (χ4n) is 2.89. The van der Waals surface area contributed by atoms with E-state index in [9.17, 15) is 4.79 Å². The number of nitrogens with one attached hydrogen (secondary N) is 2. The van der Waals surface area contributed by atoms with Crippen LogP contribution < -0.4 is 10.6 Å². The van der Waals surface area contributed by atoms with Crippen LogP contribution in [0.1, 0.15) is 32.6 Å². The van der Waals surface area contributed by atoms with E-state index in [-0.39, 0.29) is 11.4 Å². The Bertz CT molecular complexity index is 493. The molecule has 0 bridgehead atoms. The maximum atomic E-state index is 12.3. The Morgan fingerprint density at radius 1 is 1.28 bits per heavy atom. The van der Waals surface area contributed by atoms with E-state index in [2.05, 4.69) is 33.5 Å². The van der Waals surface area contributed by atoms with Crippen molar-refractivity contribution in [2.75, 3.05) is 10.6 Å². The number of hydrogen-bond donors (Lipinski definition) is 2. The second-order valence-corrected chi connectivity index (χ2v) is 6.45. The molecule has 1 heterocycles. The van der Waals surface area contributed by atoms with Crippen LogP contribution in [0.3, 0.4) is 0 Å². The zero-order valence-corrected chi connectivity index (χ0v) is 12.0. The quantitative estimate of drug-likeness (QED) is 0.766. The van der Waals surface area contributed by atoms with Gasteiger partial charge in [0.15, 0.2) is 0 Å². The highest BCUT2D eigenvalue weighted by Gasteiger charge is 2.43. The van der Waals surface area contributed by atoms with Gasteiger partial charge in [-0.05, 0) is 49.8 Å². The minimum Gasteiger partial charge on any atom is -0.369 e. The van der Waals surface area contributed by atoms with Crippen molar-refractivity contribution in [2.45, 2.75) is 38.1 Å². The lowest BCUT2D eigenvalue weighted by Crippen LogP contribution is -2.54. The van der Waals surface area contributed by atoms with Crippen LogP contribution in [0.15, 0.2) is 22.7 Å². The molecule has 1 aromatic carbocycles. The molecule has 1 amide bonds. The number of benzene rings is 1. The van der Waals surface area contributed by atoms with Gasteiger partial charge < -0.3 is 10.6 Å². The van der Waals surface area contributed by atoms with Gasteiger partial charge in [-0.15, -0.1) is 0 Å². The summed E-state index contributed by atoms with van der Waals surface area (Å²) in [5.41, 5.74) is 1.52. The molecule has 0 saturated heterocycles. The molecule has 1 aromatic rings. The number of hydrogen-bond acceptors (Lipinski definition) is 2. The molecule has 1 spiro atoms. The molecule has 3 rings (SSSR count). The molecule has 96 valence electrons. The van der Waals surface area contributed by atoms with Crippen LogP contribution in [0.2, 0.25) is 0 Å². The zero-order chi connectivity index (χ0) is 12.8. The SMILES string of the molecule is CC1CCC2(CC1)Nc1cc(Br)ccc1NC2=O. The third kappa shape index (κ3) is 1.92. The summed E-state index contributed by atoms with van der Waals surface area (Å²) in [6.45, 7) is 2.26. The van der Waals surface area contributed by atoms with Gasteiger partial charge in [-0.3, -0.25) is 4.79 Å². The largest absolute Gasteiger partial charge is 0.369 e. The molecule has 0 aromatic heterocycles. The molecule has 4 heteroatoms. The minimum absolute atomic E-state index is 0.129. The fourth-order valence-corrected chi connectivity index (χ4v) is 3.25. The molecule has 3 nitrogen and oxygen atoms in total. The van der Waals surface area contributed by atoms with E-state index in [0.29, 0.717) is 0 Å². The number of carbonyl (C=O) groups is 1. The van der Waals surface area contributed by atoms with Crippen LogP contribution in [0.4, 0.5) is 11.4 Å². The third-order valence-electron chi connectivity index (χ3n) is 4.17. The standard InChI is InChI=1S/C14H17BrN2O/c1-9-4-6-14(7-5-9)13(18)16-11-3-2-10(15)8-12(11)17-14/h2-3,8-9,17H,4-7H2,1H3,(H,16,18). The van der Waals surface area contributed by atoms with Crippen LogP contribution in [-0.2, 0) is 4.79 Å². The third-order valence-corrected chi connectivity index (χ3v) is 4.66. The Morgan fingerprint density at radius 3 is 2.72 bits per heavy atom. The summed E-state index contributed by atoms with van der Waals surface area (Å²) in [6.07, 6.45) is 4.07. The van der Waals surface area contributed by atoms with Crippen LogP contribution in [0, 0.1) is 5.92 Å². The normalized spacial score (nSPS) is 30.6. The Labute approximate surface area is 115 Å². The van der Waals surface area contributed by atoms with E-state index >= 15 is 0 Å². The summed E-state index contributed by atoms with van der Waals surface area (Å²) in [7, 11) is 0. The number of carbonyl (C=O) groups excluding carboxylic acids is 1. The van der Waals surface area contributed by atoms with Gasteiger partial charge in [-0.2, -0.15) is 0 Å². The number of rotatable bonds is 0. The molecule has 0 unspecified atom stereocenters. The Morgan fingerprint density at radius 2 is 2.00 bits per heavy atom. The predicted molar refractivity (Wildman–Crippen MR) is 76.8 cm³/mol. The van der Waals surface area contributed by atoms with E-state index in [4.69, 9.17) is 0 Å². The van der Waals surface area contributed by atoms with Crippen molar-refractivity contribution in [3.63, 3.8) is 0 Å². The van der Waals surface area contributed by atoms with E-state index in [1.165, 1.54) is 0 Å². The lowest BCUT2D eigenvalue weighted by atomic mass is 9.75. The average Bonchev–Trinajstić information content (AvgIpc) is 2.35. The molecule has 0 radical (unpaired) electrons. The first-order chi connectivity index (χ1) is 8.59. The molecule has 2 N–H and O–H groups in total. The van der Waals surface area contributed by atoms with E-state index < -0.39 is 0 Å². The second-order valence-electron chi connectivity index (χ2n) is 5.53. The first kappa shape index (κ1) is 12.0. The van der Waals surface area contributed by atoms with Crippen molar-refractivity contribution in [1.82, 2.24) is 0 Å². The fraction of sp³-hybridized carbons (Fsp3) is 0.500. The summed E-state index contributed by atoms with van der Waals surface area (Å²) in [5, 5.41) is 6.52. The smallest absolute Gasteiger partial charge is 0.250 e. The molecule has 18 heavy (non-hydrogen) atoms.